The number of hydrogen-bond donors (Lipinski definition) is 2. The summed E-state index contributed by atoms with van der Waals surface area (Å²) in [6.45, 7) is 4.70. The zero-order valence-corrected chi connectivity index (χ0v) is 12.1. The third kappa shape index (κ3) is 3.23. The summed E-state index contributed by atoms with van der Waals surface area (Å²) in [6, 6.07) is 8.91. The SMILES string of the molecule is CC1CC(CN(C)CC2COc3ccccc3O2)NN1. The Morgan fingerprint density at radius 1 is 1.20 bits per heavy atom. The van der Waals surface area contributed by atoms with Gasteiger partial charge in [-0.25, -0.2) is 0 Å². The van der Waals surface area contributed by atoms with Gasteiger partial charge in [-0.05, 0) is 32.5 Å². The molecule has 1 aromatic rings. The fraction of sp³-hybridized carbons (Fsp3) is 0.600. The number of hydrogen-bond acceptors (Lipinski definition) is 5. The monoisotopic (exact) mass is 277 g/mol. The molecule has 5 nitrogen and oxygen atoms in total. The van der Waals surface area contributed by atoms with E-state index < -0.39 is 0 Å². The lowest BCUT2D eigenvalue weighted by Crippen LogP contribution is -2.44. The summed E-state index contributed by atoms with van der Waals surface area (Å²) in [6.07, 6.45) is 1.26. The first-order chi connectivity index (χ1) is 9.70. The maximum atomic E-state index is 5.99. The number of nitrogens with one attached hydrogen (secondary N) is 2. The molecule has 1 fully saturated rings. The Morgan fingerprint density at radius 2 is 2.00 bits per heavy atom. The summed E-state index contributed by atoms with van der Waals surface area (Å²) < 4.78 is 11.7. The molecular weight excluding hydrogens is 254 g/mol. The van der Waals surface area contributed by atoms with Crippen LogP contribution in [0.4, 0.5) is 0 Å². The second-order valence-corrected chi connectivity index (χ2v) is 5.84. The van der Waals surface area contributed by atoms with Crippen LogP contribution >= 0.6 is 0 Å². The number of rotatable bonds is 4. The fourth-order valence-electron chi connectivity index (χ4n) is 2.88. The van der Waals surface area contributed by atoms with Crippen LogP contribution in [-0.2, 0) is 0 Å². The van der Waals surface area contributed by atoms with Crippen LogP contribution < -0.4 is 20.3 Å². The van der Waals surface area contributed by atoms with E-state index >= 15 is 0 Å². The van der Waals surface area contributed by atoms with Gasteiger partial charge in [-0.1, -0.05) is 12.1 Å². The van der Waals surface area contributed by atoms with Gasteiger partial charge in [0.15, 0.2) is 11.5 Å². The van der Waals surface area contributed by atoms with Crippen molar-refractivity contribution in [3.05, 3.63) is 24.3 Å². The maximum absolute atomic E-state index is 5.99. The average Bonchev–Trinajstić information content (AvgIpc) is 2.83. The Labute approximate surface area is 120 Å². The van der Waals surface area contributed by atoms with E-state index in [1.54, 1.807) is 0 Å². The van der Waals surface area contributed by atoms with Crippen LogP contribution in [0.2, 0.25) is 0 Å². The fourth-order valence-corrected chi connectivity index (χ4v) is 2.88. The van der Waals surface area contributed by atoms with Gasteiger partial charge in [0.2, 0.25) is 0 Å². The third-order valence-corrected chi connectivity index (χ3v) is 3.79. The quantitative estimate of drug-likeness (QED) is 0.860. The van der Waals surface area contributed by atoms with Crippen LogP contribution in [0.5, 0.6) is 11.5 Å². The van der Waals surface area contributed by atoms with E-state index in [1.165, 1.54) is 0 Å². The molecule has 2 N–H and O–H groups in total. The van der Waals surface area contributed by atoms with Crippen LogP contribution in [0.3, 0.4) is 0 Å². The number of hydrazine groups is 1. The van der Waals surface area contributed by atoms with Crippen LogP contribution in [0.15, 0.2) is 24.3 Å². The van der Waals surface area contributed by atoms with Gasteiger partial charge in [0.25, 0.3) is 0 Å². The van der Waals surface area contributed by atoms with Crippen molar-refractivity contribution in [2.75, 3.05) is 26.7 Å². The lowest BCUT2D eigenvalue weighted by molar-refractivity contribution is 0.0635. The summed E-state index contributed by atoms with van der Waals surface area (Å²) >= 11 is 0. The molecule has 0 radical (unpaired) electrons. The van der Waals surface area contributed by atoms with E-state index in [9.17, 15) is 0 Å². The van der Waals surface area contributed by atoms with Crippen LogP contribution in [0, 0.1) is 0 Å². The molecule has 2 aliphatic heterocycles. The van der Waals surface area contributed by atoms with E-state index in [0.717, 1.165) is 31.0 Å². The normalized spacial score (nSPS) is 28.9. The van der Waals surface area contributed by atoms with Gasteiger partial charge in [-0.3, -0.25) is 10.9 Å². The molecule has 0 saturated carbocycles. The third-order valence-electron chi connectivity index (χ3n) is 3.79. The van der Waals surface area contributed by atoms with Crippen molar-refractivity contribution in [1.82, 2.24) is 15.8 Å². The first-order valence-electron chi connectivity index (χ1n) is 7.29. The lowest BCUT2D eigenvalue weighted by atomic mass is 10.1. The minimum Gasteiger partial charge on any atom is -0.486 e. The van der Waals surface area contributed by atoms with Crippen LogP contribution in [0.1, 0.15) is 13.3 Å². The average molecular weight is 277 g/mol. The highest BCUT2D eigenvalue weighted by Gasteiger charge is 2.25. The molecule has 0 spiro atoms. The Morgan fingerprint density at radius 3 is 2.75 bits per heavy atom. The Balaban J connectivity index is 1.49. The van der Waals surface area contributed by atoms with E-state index in [0.29, 0.717) is 18.7 Å². The van der Waals surface area contributed by atoms with Crippen molar-refractivity contribution in [2.45, 2.75) is 31.5 Å². The zero-order valence-electron chi connectivity index (χ0n) is 12.1. The second kappa shape index (κ2) is 5.99. The molecule has 2 heterocycles. The van der Waals surface area contributed by atoms with E-state index in [-0.39, 0.29) is 6.10 Å². The van der Waals surface area contributed by atoms with Gasteiger partial charge in [0.1, 0.15) is 12.7 Å². The number of nitrogens with zero attached hydrogens (tertiary/aromatic N) is 1. The highest BCUT2D eigenvalue weighted by Crippen LogP contribution is 2.30. The summed E-state index contributed by atoms with van der Waals surface area (Å²) in [5, 5.41) is 0. The topological polar surface area (TPSA) is 45.8 Å². The lowest BCUT2D eigenvalue weighted by Gasteiger charge is -2.30. The minimum absolute atomic E-state index is 0.0988. The molecule has 0 amide bonds. The van der Waals surface area contributed by atoms with E-state index in [2.05, 4.69) is 29.7 Å². The van der Waals surface area contributed by atoms with Crippen molar-refractivity contribution in [2.24, 2.45) is 0 Å². The second-order valence-electron chi connectivity index (χ2n) is 5.84. The Hall–Kier alpha value is -1.30. The first kappa shape index (κ1) is 13.7. The number of para-hydroxylation sites is 2. The molecule has 2 aliphatic rings. The highest BCUT2D eigenvalue weighted by atomic mass is 16.6. The molecule has 3 rings (SSSR count). The predicted octanol–water partition coefficient (Wildman–Crippen LogP) is 1.01. The van der Waals surface area contributed by atoms with Gasteiger partial charge < -0.3 is 14.4 Å². The largest absolute Gasteiger partial charge is 0.486 e. The van der Waals surface area contributed by atoms with E-state index in [1.807, 2.05) is 24.3 Å². The Bertz CT molecular complexity index is 454. The predicted molar refractivity (Wildman–Crippen MR) is 78.0 cm³/mol. The molecule has 5 heteroatoms. The summed E-state index contributed by atoms with van der Waals surface area (Å²) in [7, 11) is 2.13. The smallest absolute Gasteiger partial charge is 0.161 e. The van der Waals surface area contributed by atoms with Crippen molar-refractivity contribution in [3.8, 4) is 11.5 Å². The molecule has 0 bridgehead atoms. The summed E-state index contributed by atoms with van der Waals surface area (Å²) in [5.74, 6) is 1.70. The molecule has 20 heavy (non-hydrogen) atoms. The molecule has 0 aliphatic carbocycles. The molecule has 1 saturated heterocycles. The summed E-state index contributed by atoms with van der Waals surface area (Å²) in [5.41, 5.74) is 6.59. The number of likely N-dealkylation sites (N-methyl/N-ethyl adjacent to an activating group) is 1. The van der Waals surface area contributed by atoms with Crippen molar-refractivity contribution in [1.29, 1.82) is 0 Å². The van der Waals surface area contributed by atoms with E-state index in [4.69, 9.17) is 9.47 Å². The molecule has 0 aromatic heterocycles. The van der Waals surface area contributed by atoms with Crippen LogP contribution in [-0.4, -0.2) is 49.8 Å². The van der Waals surface area contributed by atoms with Crippen molar-refractivity contribution in [3.63, 3.8) is 0 Å². The molecule has 1 aromatic carbocycles. The van der Waals surface area contributed by atoms with Gasteiger partial charge in [0.05, 0.1) is 0 Å². The Kier molecular flexibility index (Phi) is 4.10. The van der Waals surface area contributed by atoms with Crippen LogP contribution in [0.25, 0.3) is 0 Å². The minimum atomic E-state index is 0.0988. The first-order valence-corrected chi connectivity index (χ1v) is 7.29. The maximum Gasteiger partial charge on any atom is 0.161 e. The number of ether oxygens (including phenoxy) is 2. The van der Waals surface area contributed by atoms with Gasteiger partial charge in [-0.15, -0.1) is 0 Å². The van der Waals surface area contributed by atoms with Gasteiger partial charge in [-0.2, -0.15) is 0 Å². The highest BCUT2D eigenvalue weighted by molar-refractivity contribution is 5.40. The zero-order chi connectivity index (χ0) is 13.9. The number of fused-ring (bicyclic) bond motifs is 1. The van der Waals surface area contributed by atoms with Gasteiger partial charge in [0, 0.05) is 25.2 Å². The standard InChI is InChI=1S/C15H23N3O2/c1-11-7-12(17-16-11)8-18(2)9-13-10-19-14-5-3-4-6-15(14)20-13/h3-6,11-13,16-17H,7-10H2,1-2H3. The van der Waals surface area contributed by atoms with Gasteiger partial charge >= 0.3 is 0 Å². The summed E-state index contributed by atoms with van der Waals surface area (Å²) in [4.78, 5) is 2.30. The van der Waals surface area contributed by atoms with Crippen molar-refractivity contribution < 1.29 is 9.47 Å². The molecule has 3 atom stereocenters. The van der Waals surface area contributed by atoms with Crippen molar-refractivity contribution >= 4 is 0 Å². The molecule has 110 valence electrons. The number of benzene rings is 1. The molecule has 3 unspecified atom stereocenters. The molecular formula is C15H23N3O2.